The number of benzene rings is 1. The van der Waals surface area contributed by atoms with E-state index in [1.807, 2.05) is 36.9 Å². The standard InChI is InChI=1S/C24H22FN9O/c1-13-3-5-18(33-12-28-32(33)2)15(9-13)16-10-22(35)34-19(6-8-21(34)29-16)24-27-11-17(30-24)14-4-7-20(26)31-23(14)25/h3-5,7,9-12,19H,6,8H2,1-2H3,(H2,26,31)(H,27,30). The molecule has 1 aliphatic heterocycles. The van der Waals surface area contributed by atoms with E-state index in [1.165, 1.54) is 6.07 Å². The maximum Gasteiger partial charge on any atom is 0.254 e. The summed E-state index contributed by atoms with van der Waals surface area (Å²) < 4.78 is 17.9. The molecule has 0 fully saturated rings. The Morgan fingerprint density at radius 3 is 2.74 bits per heavy atom. The van der Waals surface area contributed by atoms with Gasteiger partial charge in [-0.1, -0.05) is 11.6 Å². The molecule has 0 amide bonds. The number of anilines is 1. The Morgan fingerprint density at radius 2 is 2.00 bits per heavy atom. The molecular weight excluding hydrogens is 449 g/mol. The Bertz CT molecular complexity index is 1640. The number of nitrogens with two attached hydrogens (primary N) is 1. The molecular formula is C24H22FN9O. The van der Waals surface area contributed by atoms with Crippen molar-refractivity contribution in [3.8, 4) is 28.2 Å². The first-order valence-corrected chi connectivity index (χ1v) is 11.2. The van der Waals surface area contributed by atoms with Crippen LogP contribution in [0.5, 0.6) is 0 Å². The van der Waals surface area contributed by atoms with Crippen LogP contribution < -0.4 is 11.3 Å². The summed E-state index contributed by atoms with van der Waals surface area (Å²) >= 11 is 0. The summed E-state index contributed by atoms with van der Waals surface area (Å²) in [7, 11) is 1.85. The third kappa shape index (κ3) is 3.43. The van der Waals surface area contributed by atoms with E-state index in [4.69, 9.17) is 10.7 Å². The highest BCUT2D eigenvalue weighted by Crippen LogP contribution is 2.32. The number of fused-ring (bicyclic) bond motifs is 1. The smallest absolute Gasteiger partial charge is 0.254 e. The van der Waals surface area contributed by atoms with Gasteiger partial charge in [0.1, 0.15) is 23.8 Å². The van der Waals surface area contributed by atoms with Crippen molar-refractivity contribution in [2.75, 3.05) is 5.73 Å². The van der Waals surface area contributed by atoms with Gasteiger partial charge in [0.15, 0.2) is 0 Å². The molecule has 3 N–H and O–H groups in total. The molecule has 35 heavy (non-hydrogen) atoms. The number of aromatic amines is 1. The average Bonchev–Trinajstić information content (AvgIpc) is 3.46. The van der Waals surface area contributed by atoms with Crippen LogP contribution in [0.15, 0.2) is 53.7 Å². The molecule has 5 aromatic rings. The highest BCUT2D eigenvalue weighted by Gasteiger charge is 2.29. The van der Waals surface area contributed by atoms with Crippen LogP contribution in [-0.2, 0) is 13.5 Å². The van der Waals surface area contributed by atoms with Gasteiger partial charge in [0.05, 0.1) is 34.9 Å². The van der Waals surface area contributed by atoms with Crippen molar-refractivity contribution in [1.29, 1.82) is 0 Å². The first-order valence-electron chi connectivity index (χ1n) is 11.2. The first-order chi connectivity index (χ1) is 16.9. The number of hydrogen-bond donors (Lipinski definition) is 2. The Morgan fingerprint density at radius 1 is 1.14 bits per heavy atom. The minimum Gasteiger partial charge on any atom is -0.384 e. The van der Waals surface area contributed by atoms with Gasteiger partial charge in [-0.05, 0) is 37.6 Å². The summed E-state index contributed by atoms with van der Waals surface area (Å²) in [6, 6.07) is 10.4. The number of aryl methyl sites for hydroxylation is 3. The van der Waals surface area contributed by atoms with Crippen LogP contribution in [0.4, 0.5) is 10.2 Å². The van der Waals surface area contributed by atoms with Crippen molar-refractivity contribution < 1.29 is 4.39 Å². The quantitative estimate of drug-likeness (QED) is 0.388. The molecule has 0 aliphatic carbocycles. The zero-order chi connectivity index (χ0) is 24.3. The lowest BCUT2D eigenvalue weighted by Gasteiger charge is -2.19. The van der Waals surface area contributed by atoms with Gasteiger partial charge < -0.3 is 10.7 Å². The van der Waals surface area contributed by atoms with E-state index in [0.29, 0.717) is 35.9 Å². The lowest BCUT2D eigenvalue weighted by molar-refractivity contribution is 0.465. The zero-order valence-electron chi connectivity index (χ0n) is 19.1. The Labute approximate surface area is 198 Å². The molecule has 1 unspecified atom stereocenters. The van der Waals surface area contributed by atoms with E-state index in [0.717, 1.165) is 16.8 Å². The van der Waals surface area contributed by atoms with Gasteiger partial charge in [-0.15, -0.1) is 5.10 Å². The van der Waals surface area contributed by atoms with Crippen LogP contribution >= 0.6 is 0 Å². The molecule has 0 radical (unpaired) electrons. The van der Waals surface area contributed by atoms with Gasteiger partial charge in [-0.25, -0.2) is 24.4 Å². The van der Waals surface area contributed by atoms with Crippen molar-refractivity contribution in [3.05, 3.63) is 82.4 Å². The average molecular weight is 472 g/mol. The molecule has 176 valence electrons. The number of halogens is 1. The van der Waals surface area contributed by atoms with E-state index in [1.54, 1.807) is 34.0 Å². The number of nitrogens with one attached hydrogen (secondary N) is 1. The van der Waals surface area contributed by atoms with Gasteiger partial charge in [0.2, 0.25) is 5.95 Å². The lowest BCUT2D eigenvalue weighted by atomic mass is 10.1. The third-order valence-corrected chi connectivity index (χ3v) is 6.36. The van der Waals surface area contributed by atoms with Gasteiger partial charge in [-0.2, -0.15) is 4.39 Å². The summed E-state index contributed by atoms with van der Waals surface area (Å²) in [5, 5.41) is 4.14. The molecule has 0 bridgehead atoms. The Hall–Kier alpha value is -4.54. The number of rotatable bonds is 4. The summed E-state index contributed by atoms with van der Waals surface area (Å²) in [4.78, 5) is 31.2. The number of aromatic nitrogens is 8. The predicted octanol–water partition coefficient (Wildman–Crippen LogP) is 2.78. The largest absolute Gasteiger partial charge is 0.384 e. The number of H-pyrrole nitrogens is 1. The molecule has 11 heteroatoms. The van der Waals surface area contributed by atoms with Crippen molar-refractivity contribution in [1.82, 2.24) is 39.1 Å². The van der Waals surface area contributed by atoms with Gasteiger partial charge >= 0.3 is 0 Å². The second-order valence-electron chi connectivity index (χ2n) is 8.66. The van der Waals surface area contributed by atoms with Crippen LogP contribution in [0.25, 0.3) is 28.2 Å². The fraction of sp³-hybridized carbons (Fsp3) is 0.208. The van der Waals surface area contributed by atoms with E-state index >= 15 is 0 Å². The summed E-state index contributed by atoms with van der Waals surface area (Å²) in [5.41, 5.74) is 9.57. The van der Waals surface area contributed by atoms with Gasteiger partial charge in [-0.3, -0.25) is 9.36 Å². The minimum atomic E-state index is -0.678. The van der Waals surface area contributed by atoms with Crippen LogP contribution in [-0.4, -0.2) is 39.1 Å². The monoisotopic (exact) mass is 471 g/mol. The molecule has 1 aliphatic rings. The second kappa shape index (κ2) is 7.76. The van der Waals surface area contributed by atoms with E-state index < -0.39 is 5.95 Å². The van der Waals surface area contributed by atoms with Gasteiger partial charge in [0.25, 0.3) is 5.56 Å². The fourth-order valence-electron chi connectivity index (χ4n) is 4.61. The number of nitrogen functional groups attached to an aromatic ring is 1. The van der Waals surface area contributed by atoms with Crippen LogP contribution in [0.3, 0.4) is 0 Å². The number of hydrogen-bond acceptors (Lipinski definition) is 6. The molecule has 4 aromatic heterocycles. The predicted molar refractivity (Wildman–Crippen MR) is 127 cm³/mol. The molecule has 0 saturated heterocycles. The summed E-state index contributed by atoms with van der Waals surface area (Å²) in [6.07, 6.45) is 4.54. The van der Waals surface area contributed by atoms with Crippen molar-refractivity contribution in [3.63, 3.8) is 0 Å². The maximum atomic E-state index is 14.3. The van der Waals surface area contributed by atoms with Gasteiger partial charge in [0, 0.05) is 25.1 Å². The molecule has 0 spiro atoms. The molecule has 0 saturated carbocycles. The second-order valence-corrected chi connectivity index (χ2v) is 8.66. The Balaban J connectivity index is 1.39. The molecule has 6 rings (SSSR count). The molecule has 1 atom stereocenters. The van der Waals surface area contributed by atoms with E-state index in [-0.39, 0.29) is 23.0 Å². The molecule has 10 nitrogen and oxygen atoms in total. The highest BCUT2D eigenvalue weighted by molar-refractivity contribution is 5.70. The van der Waals surface area contributed by atoms with Crippen LogP contribution in [0.2, 0.25) is 0 Å². The number of nitrogens with zero attached hydrogens (tertiary/aromatic N) is 7. The van der Waals surface area contributed by atoms with Crippen LogP contribution in [0, 0.1) is 12.9 Å². The van der Waals surface area contributed by atoms with Crippen LogP contribution in [0.1, 0.15) is 29.7 Å². The van der Waals surface area contributed by atoms with E-state index in [2.05, 4.69) is 20.1 Å². The third-order valence-electron chi connectivity index (χ3n) is 6.36. The first kappa shape index (κ1) is 21.0. The summed E-state index contributed by atoms with van der Waals surface area (Å²) in [6.45, 7) is 2.01. The van der Waals surface area contributed by atoms with Crippen molar-refractivity contribution in [2.45, 2.75) is 25.8 Å². The molecule has 1 aromatic carbocycles. The highest BCUT2D eigenvalue weighted by atomic mass is 19.1. The Kier molecular flexibility index (Phi) is 4.66. The normalized spacial score (nSPS) is 15.0. The SMILES string of the molecule is Cc1ccc(-n2cnn2C)c(-c2cc(=O)n3c(n2)CCC3c2ncc(-c3ccc(N)nc3F)[nH]2)c1. The zero-order valence-corrected chi connectivity index (χ0v) is 19.1. The van der Waals surface area contributed by atoms with E-state index in [9.17, 15) is 9.18 Å². The number of pyridine rings is 1. The minimum absolute atomic E-state index is 0.106. The summed E-state index contributed by atoms with van der Waals surface area (Å²) in [5.74, 6) is 0.687. The topological polar surface area (TPSA) is 125 Å². The number of imidazole rings is 1. The maximum absolute atomic E-state index is 14.3. The molecule has 5 heterocycles. The lowest BCUT2D eigenvalue weighted by Crippen LogP contribution is -2.25. The van der Waals surface area contributed by atoms with Crippen molar-refractivity contribution >= 4 is 5.82 Å². The van der Waals surface area contributed by atoms with Crippen molar-refractivity contribution in [2.24, 2.45) is 7.05 Å². The fourth-order valence-corrected chi connectivity index (χ4v) is 4.61.